The van der Waals surface area contributed by atoms with Crippen molar-refractivity contribution >= 4 is 16.5 Å². The zero-order valence-corrected chi connectivity index (χ0v) is 11.1. The fourth-order valence-electron chi connectivity index (χ4n) is 2.16. The van der Waals surface area contributed by atoms with E-state index in [1.807, 2.05) is 7.05 Å². The molecule has 1 heterocycles. The van der Waals surface area contributed by atoms with Gasteiger partial charge in [0.2, 0.25) is 0 Å². The molecule has 2 unspecified atom stereocenters. The van der Waals surface area contributed by atoms with Crippen LogP contribution in [0.3, 0.4) is 0 Å². The van der Waals surface area contributed by atoms with Crippen LogP contribution in [-0.2, 0) is 16.1 Å². The summed E-state index contributed by atoms with van der Waals surface area (Å²) >= 11 is 1.36. The lowest BCUT2D eigenvalue weighted by Crippen LogP contribution is -2.27. The molecule has 0 aliphatic heterocycles. The average Bonchev–Trinajstić information content (AvgIpc) is 2.84. The van der Waals surface area contributed by atoms with E-state index in [2.05, 4.69) is 14.9 Å². The Morgan fingerprint density at radius 3 is 3.00 bits per heavy atom. The van der Waals surface area contributed by atoms with Crippen molar-refractivity contribution in [3.63, 3.8) is 0 Å². The van der Waals surface area contributed by atoms with E-state index in [1.165, 1.54) is 18.0 Å². The SMILES string of the molecule is CNc1snnc1COC1CCCC(OC)C1. The Bertz CT molecular complexity index is 345. The maximum absolute atomic E-state index is 5.89. The third-order valence-electron chi connectivity index (χ3n) is 3.15. The highest BCUT2D eigenvalue weighted by Crippen LogP contribution is 2.25. The number of ether oxygens (including phenoxy) is 2. The molecule has 6 heteroatoms. The lowest BCUT2D eigenvalue weighted by molar-refractivity contribution is -0.0370. The van der Waals surface area contributed by atoms with Crippen molar-refractivity contribution < 1.29 is 9.47 Å². The van der Waals surface area contributed by atoms with Gasteiger partial charge in [0, 0.05) is 25.7 Å². The van der Waals surface area contributed by atoms with Crippen LogP contribution in [0.15, 0.2) is 0 Å². The van der Waals surface area contributed by atoms with Crippen LogP contribution in [0.2, 0.25) is 0 Å². The molecule has 1 saturated carbocycles. The number of anilines is 1. The normalized spacial score (nSPS) is 24.8. The Morgan fingerprint density at radius 2 is 2.24 bits per heavy atom. The largest absolute Gasteiger partial charge is 0.381 e. The Kier molecular flexibility index (Phi) is 4.70. The quantitative estimate of drug-likeness (QED) is 0.875. The van der Waals surface area contributed by atoms with Crippen LogP contribution < -0.4 is 5.32 Å². The van der Waals surface area contributed by atoms with E-state index in [9.17, 15) is 0 Å². The number of aromatic nitrogens is 2. The molecule has 2 atom stereocenters. The maximum Gasteiger partial charge on any atom is 0.135 e. The van der Waals surface area contributed by atoms with Crippen molar-refractivity contribution in [2.24, 2.45) is 0 Å². The first-order chi connectivity index (χ1) is 8.33. The molecule has 1 fully saturated rings. The number of rotatable bonds is 5. The summed E-state index contributed by atoms with van der Waals surface area (Å²) in [5.74, 6) is 0. The maximum atomic E-state index is 5.89. The van der Waals surface area contributed by atoms with Crippen molar-refractivity contribution in [1.82, 2.24) is 9.59 Å². The summed E-state index contributed by atoms with van der Waals surface area (Å²) < 4.78 is 15.2. The molecule has 5 nitrogen and oxygen atoms in total. The molecule has 0 amide bonds. The standard InChI is InChI=1S/C11H19N3O2S/c1-12-11-10(13-14-17-11)7-16-9-5-3-4-8(6-9)15-2/h8-9,12H,3-7H2,1-2H3. The van der Waals surface area contributed by atoms with Gasteiger partial charge in [-0.3, -0.25) is 0 Å². The molecule has 0 aromatic carbocycles. The Morgan fingerprint density at radius 1 is 1.41 bits per heavy atom. The van der Waals surface area contributed by atoms with Crippen LogP contribution in [0.5, 0.6) is 0 Å². The van der Waals surface area contributed by atoms with E-state index in [0.29, 0.717) is 18.8 Å². The third-order valence-corrected chi connectivity index (χ3v) is 3.94. The van der Waals surface area contributed by atoms with Crippen LogP contribution >= 0.6 is 11.5 Å². The van der Waals surface area contributed by atoms with Crippen molar-refractivity contribution in [3.8, 4) is 0 Å². The molecule has 1 aromatic heterocycles. The molecule has 1 aliphatic rings. The minimum Gasteiger partial charge on any atom is -0.381 e. The van der Waals surface area contributed by atoms with E-state index < -0.39 is 0 Å². The average molecular weight is 257 g/mol. The van der Waals surface area contributed by atoms with E-state index in [-0.39, 0.29) is 0 Å². The molecule has 2 rings (SSSR count). The minimum absolute atomic E-state index is 0.292. The van der Waals surface area contributed by atoms with Gasteiger partial charge in [-0.2, -0.15) is 0 Å². The number of hydrogen-bond acceptors (Lipinski definition) is 6. The fraction of sp³-hybridized carbons (Fsp3) is 0.818. The van der Waals surface area contributed by atoms with Gasteiger partial charge in [0.25, 0.3) is 0 Å². The van der Waals surface area contributed by atoms with Gasteiger partial charge < -0.3 is 14.8 Å². The summed E-state index contributed by atoms with van der Waals surface area (Å²) in [4.78, 5) is 0. The highest BCUT2D eigenvalue weighted by molar-refractivity contribution is 7.10. The van der Waals surface area contributed by atoms with Gasteiger partial charge >= 0.3 is 0 Å². The van der Waals surface area contributed by atoms with Crippen molar-refractivity contribution in [2.75, 3.05) is 19.5 Å². The van der Waals surface area contributed by atoms with Crippen LogP contribution in [0.4, 0.5) is 5.00 Å². The topological polar surface area (TPSA) is 56.3 Å². The molecule has 0 radical (unpaired) electrons. The summed E-state index contributed by atoms with van der Waals surface area (Å²) in [5, 5.41) is 8.12. The number of nitrogens with one attached hydrogen (secondary N) is 1. The van der Waals surface area contributed by atoms with E-state index in [1.54, 1.807) is 7.11 Å². The van der Waals surface area contributed by atoms with E-state index in [0.717, 1.165) is 30.0 Å². The van der Waals surface area contributed by atoms with Gasteiger partial charge in [0.1, 0.15) is 10.7 Å². The molecule has 0 spiro atoms. The molecular weight excluding hydrogens is 238 g/mol. The number of methoxy groups -OCH3 is 1. The first-order valence-electron chi connectivity index (χ1n) is 5.97. The second kappa shape index (κ2) is 6.28. The summed E-state index contributed by atoms with van der Waals surface area (Å²) in [6.07, 6.45) is 5.08. The summed E-state index contributed by atoms with van der Waals surface area (Å²) in [7, 11) is 3.65. The predicted molar refractivity (Wildman–Crippen MR) is 67.3 cm³/mol. The van der Waals surface area contributed by atoms with Crippen LogP contribution in [0.25, 0.3) is 0 Å². The summed E-state index contributed by atoms with van der Waals surface area (Å²) in [5.41, 5.74) is 0.900. The van der Waals surface area contributed by atoms with Crippen LogP contribution in [0, 0.1) is 0 Å². The van der Waals surface area contributed by atoms with Crippen molar-refractivity contribution in [1.29, 1.82) is 0 Å². The Hall–Kier alpha value is -0.720. The van der Waals surface area contributed by atoms with Gasteiger partial charge in [-0.1, -0.05) is 4.49 Å². The smallest absolute Gasteiger partial charge is 0.135 e. The Labute approximate surface area is 106 Å². The van der Waals surface area contributed by atoms with Gasteiger partial charge in [-0.25, -0.2) is 0 Å². The van der Waals surface area contributed by atoms with E-state index in [4.69, 9.17) is 9.47 Å². The second-order valence-electron chi connectivity index (χ2n) is 4.26. The monoisotopic (exact) mass is 257 g/mol. The Balaban J connectivity index is 1.81. The molecular formula is C11H19N3O2S. The second-order valence-corrected chi connectivity index (χ2v) is 5.01. The highest BCUT2D eigenvalue weighted by atomic mass is 32.1. The lowest BCUT2D eigenvalue weighted by Gasteiger charge is -2.27. The van der Waals surface area contributed by atoms with Crippen molar-refractivity contribution in [2.45, 2.75) is 44.5 Å². The molecule has 0 saturated heterocycles. The molecule has 1 aliphatic carbocycles. The first kappa shape index (κ1) is 12.7. The molecule has 1 aromatic rings. The number of nitrogens with zero attached hydrogens (tertiary/aromatic N) is 2. The fourth-order valence-corrected chi connectivity index (χ4v) is 2.67. The molecule has 17 heavy (non-hydrogen) atoms. The summed E-state index contributed by atoms with van der Waals surface area (Å²) in [6.45, 7) is 0.535. The first-order valence-corrected chi connectivity index (χ1v) is 6.74. The van der Waals surface area contributed by atoms with Gasteiger partial charge in [0.15, 0.2) is 0 Å². The molecule has 1 N–H and O–H groups in total. The van der Waals surface area contributed by atoms with Gasteiger partial charge in [-0.05, 0) is 25.7 Å². The van der Waals surface area contributed by atoms with Gasteiger partial charge in [-0.15, -0.1) is 5.10 Å². The van der Waals surface area contributed by atoms with Crippen molar-refractivity contribution in [3.05, 3.63) is 5.69 Å². The molecule has 0 bridgehead atoms. The highest BCUT2D eigenvalue weighted by Gasteiger charge is 2.22. The summed E-state index contributed by atoms with van der Waals surface area (Å²) in [6, 6.07) is 0. The third kappa shape index (κ3) is 3.37. The number of hydrogen-bond donors (Lipinski definition) is 1. The predicted octanol–water partition coefficient (Wildman–Crippen LogP) is 2.05. The molecule has 96 valence electrons. The van der Waals surface area contributed by atoms with Crippen LogP contribution in [0.1, 0.15) is 31.4 Å². The van der Waals surface area contributed by atoms with Crippen LogP contribution in [-0.4, -0.2) is 36.0 Å². The zero-order chi connectivity index (χ0) is 12.1. The zero-order valence-electron chi connectivity index (χ0n) is 10.3. The van der Waals surface area contributed by atoms with Gasteiger partial charge in [0.05, 0.1) is 18.8 Å². The minimum atomic E-state index is 0.292. The lowest BCUT2D eigenvalue weighted by atomic mass is 9.95. The van der Waals surface area contributed by atoms with E-state index >= 15 is 0 Å².